The quantitative estimate of drug-likeness (QED) is 0.555. The molecule has 4 heteroatoms. The second-order valence-corrected chi connectivity index (χ2v) is 6.79. The molecule has 24 heavy (non-hydrogen) atoms. The van der Waals surface area contributed by atoms with Crippen LogP contribution in [0.25, 0.3) is 6.08 Å². The van der Waals surface area contributed by atoms with Gasteiger partial charge < -0.3 is 9.64 Å². The summed E-state index contributed by atoms with van der Waals surface area (Å²) in [4.78, 5) is 14.6. The monoisotopic (exact) mass is 351 g/mol. The summed E-state index contributed by atoms with van der Waals surface area (Å²) in [6.45, 7) is 3.12. The summed E-state index contributed by atoms with van der Waals surface area (Å²) in [5.74, 6) is 0.201. The Kier molecular flexibility index (Phi) is 8.51. The summed E-state index contributed by atoms with van der Waals surface area (Å²) in [5.41, 5.74) is 0.712. The van der Waals surface area contributed by atoms with Crippen molar-refractivity contribution in [1.82, 2.24) is 4.90 Å². The van der Waals surface area contributed by atoms with E-state index in [1.165, 1.54) is 6.42 Å². The Balaban J connectivity index is 0.00000288. The molecule has 0 bridgehead atoms. The summed E-state index contributed by atoms with van der Waals surface area (Å²) in [7, 11) is 4.18. The van der Waals surface area contributed by atoms with Crippen molar-refractivity contribution in [2.45, 2.75) is 44.6 Å². The van der Waals surface area contributed by atoms with Crippen LogP contribution in [0.2, 0.25) is 0 Å². The third-order valence-electron chi connectivity index (χ3n) is 4.85. The molecule has 2 atom stereocenters. The predicted molar refractivity (Wildman–Crippen MR) is 102 cm³/mol. The number of halogens is 1. The Hall–Kier alpha value is -1.32. The highest BCUT2D eigenvalue weighted by Gasteiger charge is 2.42. The smallest absolute Gasteiger partial charge is 0.331 e. The lowest BCUT2D eigenvalue weighted by Crippen LogP contribution is -2.48. The van der Waals surface area contributed by atoms with E-state index in [9.17, 15) is 4.79 Å². The second kappa shape index (κ2) is 9.85. The first kappa shape index (κ1) is 20.7. The van der Waals surface area contributed by atoms with Gasteiger partial charge >= 0.3 is 5.97 Å². The van der Waals surface area contributed by atoms with E-state index in [-0.39, 0.29) is 24.0 Å². The van der Waals surface area contributed by atoms with E-state index < -0.39 is 0 Å². The van der Waals surface area contributed by atoms with E-state index >= 15 is 0 Å². The molecular weight excluding hydrogens is 322 g/mol. The minimum absolute atomic E-state index is 0. The number of hydrogen-bond acceptors (Lipinski definition) is 3. The van der Waals surface area contributed by atoms with Gasteiger partial charge in [-0.25, -0.2) is 4.79 Å². The van der Waals surface area contributed by atoms with Gasteiger partial charge in [0.05, 0.1) is 0 Å². The zero-order valence-corrected chi connectivity index (χ0v) is 15.8. The van der Waals surface area contributed by atoms with E-state index in [2.05, 4.69) is 25.9 Å². The lowest BCUT2D eigenvalue weighted by Gasteiger charge is -2.43. The summed E-state index contributed by atoms with van der Waals surface area (Å²) in [5, 5.41) is 0. The number of rotatable bonds is 6. The van der Waals surface area contributed by atoms with Crippen LogP contribution in [0.3, 0.4) is 0 Å². The fourth-order valence-corrected chi connectivity index (χ4v) is 3.62. The second-order valence-electron chi connectivity index (χ2n) is 6.79. The lowest BCUT2D eigenvalue weighted by atomic mass is 9.73. The Bertz CT molecular complexity index is 530. The molecule has 0 spiro atoms. The molecule has 0 N–H and O–H groups in total. The third kappa shape index (κ3) is 5.64. The molecule has 1 fully saturated rings. The summed E-state index contributed by atoms with van der Waals surface area (Å²) < 4.78 is 6.01. The molecule has 0 aromatic heterocycles. The number of nitrogens with zero attached hydrogens (tertiary/aromatic N) is 1. The average molecular weight is 352 g/mol. The van der Waals surface area contributed by atoms with Crippen LogP contribution < -0.4 is 0 Å². The molecule has 0 amide bonds. The van der Waals surface area contributed by atoms with E-state index in [0.717, 1.165) is 37.8 Å². The van der Waals surface area contributed by atoms with Crippen LogP contribution in [-0.4, -0.2) is 37.1 Å². The van der Waals surface area contributed by atoms with Crippen LogP contribution in [0, 0.1) is 5.92 Å². The Labute approximate surface area is 152 Å². The zero-order chi connectivity index (χ0) is 16.7. The maximum atomic E-state index is 12.4. The normalized spacial score (nSPS) is 23.9. The molecule has 1 aromatic carbocycles. The number of carbonyl (C=O) groups excluding carboxylic acids is 1. The number of ether oxygens (including phenoxy) is 1. The highest BCUT2D eigenvalue weighted by Crippen LogP contribution is 2.40. The lowest BCUT2D eigenvalue weighted by molar-refractivity contribution is -0.166. The fourth-order valence-electron chi connectivity index (χ4n) is 3.62. The summed E-state index contributed by atoms with van der Waals surface area (Å²) in [6, 6.07) is 9.86. The molecule has 1 aliphatic carbocycles. The largest absolute Gasteiger partial charge is 0.456 e. The molecule has 1 aliphatic rings. The van der Waals surface area contributed by atoms with Crippen molar-refractivity contribution in [3.63, 3.8) is 0 Å². The van der Waals surface area contributed by atoms with Gasteiger partial charge in [-0.2, -0.15) is 0 Å². The maximum absolute atomic E-state index is 12.4. The van der Waals surface area contributed by atoms with Gasteiger partial charge in [0.2, 0.25) is 0 Å². The van der Waals surface area contributed by atoms with Crippen LogP contribution in [0.1, 0.15) is 44.6 Å². The Morgan fingerprint density at radius 1 is 1.29 bits per heavy atom. The molecule has 0 heterocycles. The van der Waals surface area contributed by atoms with Crippen LogP contribution >= 0.6 is 12.4 Å². The SMILES string of the molecule is CCC1(OC(=O)/C=C/c2ccccc2)CCCCC1CN(C)C.Cl. The van der Waals surface area contributed by atoms with Crippen molar-refractivity contribution < 1.29 is 9.53 Å². The Morgan fingerprint density at radius 3 is 2.62 bits per heavy atom. The summed E-state index contributed by atoms with van der Waals surface area (Å²) >= 11 is 0. The first-order chi connectivity index (χ1) is 11.1. The summed E-state index contributed by atoms with van der Waals surface area (Å²) in [6.07, 6.45) is 8.78. The number of hydrogen-bond donors (Lipinski definition) is 0. The van der Waals surface area contributed by atoms with Crippen LogP contribution in [0.5, 0.6) is 0 Å². The third-order valence-corrected chi connectivity index (χ3v) is 4.85. The maximum Gasteiger partial charge on any atom is 0.331 e. The van der Waals surface area contributed by atoms with Gasteiger partial charge in [0.1, 0.15) is 5.60 Å². The molecule has 0 radical (unpaired) electrons. The molecule has 2 unspecified atom stereocenters. The zero-order valence-electron chi connectivity index (χ0n) is 15.0. The van der Waals surface area contributed by atoms with Crippen LogP contribution in [0.4, 0.5) is 0 Å². The number of carbonyl (C=O) groups is 1. The van der Waals surface area contributed by atoms with Crippen molar-refractivity contribution >= 4 is 24.5 Å². The van der Waals surface area contributed by atoms with Gasteiger partial charge in [0.25, 0.3) is 0 Å². The van der Waals surface area contributed by atoms with E-state index in [1.807, 2.05) is 36.4 Å². The highest BCUT2D eigenvalue weighted by molar-refractivity contribution is 5.87. The first-order valence-electron chi connectivity index (χ1n) is 8.66. The topological polar surface area (TPSA) is 29.5 Å². The molecule has 3 nitrogen and oxygen atoms in total. The minimum atomic E-state index is -0.305. The standard InChI is InChI=1S/C20H29NO2.ClH/c1-4-20(15-9-8-12-18(20)16-21(2)3)23-19(22)14-13-17-10-6-5-7-11-17;/h5-7,10-11,13-14,18H,4,8-9,12,15-16H2,1-3H3;1H/b14-13+;. The van der Waals surface area contributed by atoms with Crippen molar-refractivity contribution in [3.05, 3.63) is 42.0 Å². The van der Waals surface area contributed by atoms with Gasteiger partial charge in [0, 0.05) is 18.5 Å². The number of esters is 1. The van der Waals surface area contributed by atoms with Crippen molar-refractivity contribution in [1.29, 1.82) is 0 Å². The van der Waals surface area contributed by atoms with E-state index in [1.54, 1.807) is 6.08 Å². The van der Waals surface area contributed by atoms with Crippen molar-refractivity contribution in [2.75, 3.05) is 20.6 Å². The molecule has 0 aliphatic heterocycles. The average Bonchev–Trinajstić information content (AvgIpc) is 2.55. The van der Waals surface area contributed by atoms with E-state index in [4.69, 9.17) is 4.74 Å². The molecule has 1 aromatic rings. The molecule has 1 saturated carbocycles. The van der Waals surface area contributed by atoms with Gasteiger partial charge in [-0.15, -0.1) is 12.4 Å². The highest BCUT2D eigenvalue weighted by atomic mass is 35.5. The van der Waals surface area contributed by atoms with E-state index in [0.29, 0.717) is 5.92 Å². The predicted octanol–water partition coefficient (Wildman–Crippen LogP) is 4.57. The van der Waals surface area contributed by atoms with Gasteiger partial charge in [-0.3, -0.25) is 0 Å². The van der Waals surface area contributed by atoms with Gasteiger partial charge in [-0.1, -0.05) is 43.7 Å². The Morgan fingerprint density at radius 2 is 2.00 bits per heavy atom. The fraction of sp³-hybridized carbons (Fsp3) is 0.550. The van der Waals surface area contributed by atoms with Crippen molar-refractivity contribution in [2.24, 2.45) is 5.92 Å². The molecular formula is C20H30ClNO2. The van der Waals surface area contributed by atoms with Crippen molar-refractivity contribution in [3.8, 4) is 0 Å². The van der Waals surface area contributed by atoms with Gasteiger partial charge in [0.15, 0.2) is 0 Å². The molecule has 134 valence electrons. The first-order valence-corrected chi connectivity index (χ1v) is 8.66. The van der Waals surface area contributed by atoms with Crippen LogP contribution in [0.15, 0.2) is 36.4 Å². The van der Waals surface area contributed by atoms with Crippen LogP contribution in [-0.2, 0) is 9.53 Å². The molecule has 2 rings (SSSR count). The minimum Gasteiger partial charge on any atom is -0.456 e. The number of benzene rings is 1. The molecule has 0 saturated heterocycles. The van der Waals surface area contributed by atoms with Gasteiger partial charge in [-0.05, 0) is 51.4 Å².